The smallest absolute Gasteiger partial charge is 0.310 e. The molecule has 0 heterocycles. The minimum Gasteiger partial charge on any atom is -0.497 e. The van der Waals surface area contributed by atoms with Crippen molar-refractivity contribution in [3.8, 4) is 11.5 Å². The van der Waals surface area contributed by atoms with Gasteiger partial charge in [0.05, 0.1) is 27.2 Å². The minimum atomic E-state index is -0.413. The lowest BCUT2D eigenvalue weighted by Gasteiger charge is -2.27. The summed E-state index contributed by atoms with van der Waals surface area (Å²) in [5.74, 6) is 0.136. The lowest BCUT2D eigenvalue weighted by Crippen LogP contribution is -2.41. The normalized spacial score (nSPS) is 11.8. The Kier molecular flexibility index (Phi) is 8.21. The predicted octanol–water partition coefficient (Wildman–Crippen LogP) is 1.52. The molecule has 1 rings (SSSR count). The van der Waals surface area contributed by atoms with E-state index in [0.717, 1.165) is 0 Å². The molecule has 7 heteroatoms. The molecule has 0 saturated heterocycles. The van der Waals surface area contributed by atoms with Gasteiger partial charge in [0.25, 0.3) is 5.91 Å². The van der Waals surface area contributed by atoms with Gasteiger partial charge in [-0.15, -0.1) is 0 Å². The highest BCUT2D eigenvalue weighted by molar-refractivity contribution is 5.95. The number of amides is 1. The number of benzene rings is 1. The number of likely N-dealkylation sites (N-methyl/N-ethyl adjacent to an activating group) is 1. The summed E-state index contributed by atoms with van der Waals surface area (Å²) >= 11 is 0. The van der Waals surface area contributed by atoms with Crippen molar-refractivity contribution in [3.05, 3.63) is 23.8 Å². The molecule has 0 N–H and O–H groups in total. The van der Waals surface area contributed by atoms with Gasteiger partial charge in [-0.05, 0) is 26.2 Å². The second-order valence-electron chi connectivity index (χ2n) is 6.08. The summed E-state index contributed by atoms with van der Waals surface area (Å²) < 4.78 is 15.2. The number of hydrogen-bond acceptors (Lipinski definition) is 6. The van der Waals surface area contributed by atoms with Crippen molar-refractivity contribution in [2.75, 3.05) is 55.1 Å². The Morgan fingerprint density at radius 3 is 2.00 bits per heavy atom. The first-order valence-electron chi connectivity index (χ1n) is 8.07. The molecule has 140 valence electrons. The van der Waals surface area contributed by atoms with Crippen LogP contribution in [-0.4, -0.2) is 76.7 Å². The van der Waals surface area contributed by atoms with Crippen LogP contribution in [0.25, 0.3) is 0 Å². The van der Waals surface area contributed by atoms with Crippen LogP contribution in [0.3, 0.4) is 0 Å². The summed E-state index contributed by atoms with van der Waals surface area (Å²) in [4.78, 5) is 28.3. The lowest BCUT2D eigenvalue weighted by molar-refractivity contribution is -0.145. The van der Waals surface area contributed by atoms with E-state index in [1.807, 2.05) is 19.0 Å². The Balaban J connectivity index is 3.07. The Bertz CT molecular complexity index is 567. The van der Waals surface area contributed by atoms with Crippen molar-refractivity contribution >= 4 is 11.9 Å². The van der Waals surface area contributed by atoms with E-state index in [9.17, 15) is 9.59 Å². The number of carbonyl (C=O) groups is 2. The lowest BCUT2D eigenvalue weighted by atomic mass is 10.1. The number of methoxy groups -OCH3 is 3. The molecule has 0 fully saturated rings. The molecule has 1 aromatic carbocycles. The van der Waals surface area contributed by atoms with Crippen LogP contribution in [0.5, 0.6) is 11.5 Å². The monoisotopic (exact) mass is 352 g/mol. The summed E-state index contributed by atoms with van der Waals surface area (Å²) in [6.07, 6.45) is 0. The van der Waals surface area contributed by atoms with Crippen molar-refractivity contribution in [1.29, 1.82) is 0 Å². The molecule has 0 aliphatic carbocycles. The highest BCUT2D eigenvalue weighted by Crippen LogP contribution is 2.23. The highest BCUT2D eigenvalue weighted by atomic mass is 16.5. The summed E-state index contributed by atoms with van der Waals surface area (Å²) in [7, 11) is 8.28. The van der Waals surface area contributed by atoms with E-state index in [0.29, 0.717) is 30.2 Å². The Morgan fingerprint density at radius 2 is 1.56 bits per heavy atom. The van der Waals surface area contributed by atoms with Gasteiger partial charge in [0.1, 0.15) is 11.5 Å². The molecule has 0 saturated carbocycles. The Hall–Kier alpha value is -2.28. The van der Waals surface area contributed by atoms with Gasteiger partial charge in [-0.3, -0.25) is 9.59 Å². The van der Waals surface area contributed by atoms with Crippen LogP contribution >= 0.6 is 0 Å². The summed E-state index contributed by atoms with van der Waals surface area (Å²) in [5.41, 5.74) is 0.451. The molecule has 1 atom stereocenters. The SMILES string of the molecule is COC(=O)C(C)CN(CCN(C)C)C(=O)c1cc(OC)cc(OC)c1. The highest BCUT2D eigenvalue weighted by Gasteiger charge is 2.23. The molecule has 25 heavy (non-hydrogen) atoms. The van der Waals surface area contributed by atoms with Gasteiger partial charge in [0, 0.05) is 31.3 Å². The molecule has 0 aliphatic heterocycles. The number of carbonyl (C=O) groups excluding carboxylic acids is 2. The summed E-state index contributed by atoms with van der Waals surface area (Å²) in [6.45, 7) is 3.19. The number of ether oxygens (including phenoxy) is 3. The maximum atomic E-state index is 13.0. The first-order valence-corrected chi connectivity index (χ1v) is 8.07. The van der Waals surface area contributed by atoms with E-state index in [2.05, 4.69) is 0 Å². The fraction of sp³-hybridized carbons (Fsp3) is 0.556. The molecule has 0 aromatic heterocycles. The average molecular weight is 352 g/mol. The van der Waals surface area contributed by atoms with Crippen LogP contribution in [-0.2, 0) is 9.53 Å². The zero-order valence-corrected chi connectivity index (χ0v) is 15.9. The van der Waals surface area contributed by atoms with Crippen molar-refractivity contribution in [1.82, 2.24) is 9.80 Å². The van der Waals surface area contributed by atoms with Crippen molar-refractivity contribution in [2.24, 2.45) is 5.92 Å². The van der Waals surface area contributed by atoms with Gasteiger partial charge in [-0.2, -0.15) is 0 Å². The summed E-state index contributed by atoms with van der Waals surface area (Å²) in [5, 5.41) is 0. The number of esters is 1. The van der Waals surface area contributed by atoms with Gasteiger partial charge in [0.2, 0.25) is 0 Å². The molecule has 0 bridgehead atoms. The Morgan fingerprint density at radius 1 is 1.00 bits per heavy atom. The third kappa shape index (κ3) is 6.26. The average Bonchev–Trinajstić information content (AvgIpc) is 2.62. The van der Waals surface area contributed by atoms with Crippen molar-refractivity contribution < 1.29 is 23.8 Å². The first kappa shape index (κ1) is 20.8. The molecule has 0 spiro atoms. The Labute approximate surface area is 149 Å². The number of hydrogen-bond donors (Lipinski definition) is 0. The molecule has 0 aliphatic rings. The van der Waals surface area contributed by atoms with E-state index in [-0.39, 0.29) is 18.4 Å². The van der Waals surface area contributed by atoms with Crippen molar-refractivity contribution in [3.63, 3.8) is 0 Å². The van der Waals surface area contributed by atoms with E-state index in [4.69, 9.17) is 14.2 Å². The van der Waals surface area contributed by atoms with Crippen LogP contribution in [0.1, 0.15) is 17.3 Å². The molecule has 1 aromatic rings. The largest absolute Gasteiger partial charge is 0.497 e. The third-order valence-electron chi connectivity index (χ3n) is 3.80. The fourth-order valence-corrected chi connectivity index (χ4v) is 2.32. The molecule has 0 radical (unpaired) electrons. The van der Waals surface area contributed by atoms with E-state index in [1.54, 1.807) is 30.0 Å². The topological polar surface area (TPSA) is 68.3 Å². The van der Waals surface area contributed by atoms with Gasteiger partial charge in [-0.25, -0.2) is 0 Å². The van der Waals surface area contributed by atoms with Crippen LogP contribution in [0.4, 0.5) is 0 Å². The van der Waals surface area contributed by atoms with Crippen LogP contribution in [0.15, 0.2) is 18.2 Å². The maximum Gasteiger partial charge on any atom is 0.310 e. The molecule has 1 amide bonds. The molecular formula is C18H28N2O5. The second kappa shape index (κ2) is 9.88. The second-order valence-corrected chi connectivity index (χ2v) is 6.08. The number of nitrogens with zero attached hydrogens (tertiary/aromatic N) is 2. The standard InChI is InChI=1S/C18H28N2O5/c1-13(18(22)25-6)12-20(8-7-19(2)3)17(21)14-9-15(23-4)11-16(10-14)24-5/h9-11,13H,7-8,12H2,1-6H3. The van der Waals surface area contributed by atoms with Gasteiger partial charge >= 0.3 is 5.97 Å². The van der Waals surface area contributed by atoms with Gasteiger partial charge in [0.15, 0.2) is 0 Å². The fourth-order valence-electron chi connectivity index (χ4n) is 2.32. The zero-order valence-electron chi connectivity index (χ0n) is 15.9. The van der Waals surface area contributed by atoms with Crippen molar-refractivity contribution in [2.45, 2.75) is 6.92 Å². The van der Waals surface area contributed by atoms with Gasteiger partial charge < -0.3 is 24.0 Å². The third-order valence-corrected chi connectivity index (χ3v) is 3.80. The van der Waals surface area contributed by atoms with Crippen LogP contribution in [0, 0.1) is 5.92 Å². The summed E-state index contributed by atoms with van der Waals surface area (Å²) in [6, 6.07) is 5.03. The minimum absolute atomic E-state index is 0.185. The van der Waals surface area contributed by atoms with E-state index >= 15 is 0 Å². The van der Waals surface area contributed by atoms with Crippen LogP contribution in [0.2, 0.25) is 0 Å². The molecular weight excluding hydrogens is 324 g/mol. The zero-order chi connectivity index (χ0) is 19.0. The van der Waals surface area contributed by atoms with Crippen LogP contribution < -0.4 is 9.47 Å². The molecule has 7 nitrogen and oxygen atoms in total. The maximum absolute atomic E-state index is 13.0. The molecule has 1 unspecified atom stereocenters. The quantitative estimate of drug-likeness (QED) is 0.628. The number of rotatable bonds is 9. The van der Waals surface area contributed by atoms with Gasteiger partial charge in [-0.1, -0.05) is 6.92 Å². The van der Waals surface area contributed by atoms with E-state index in [1.165, 1.54) is 21.3 Å². The first-order chi connectivity index (χ1) is 11.8. The predicted molar refractivity (Wildman–Crippen MR) is 95.2 cm³/mol. The van der Waals surface area contributed by atoms with E-state index < -0.39 is 5.92 Å².